The van der Waals surface area contributed by atoms with E-state index in [2.05, 4.69) is 15.4 Å². The standard InChI is InChI=1S/C12H13F3N2O3/c13-8-5-7(1-2-10(8)20-12(14)15)17-11(18)9-6-19-4-3-16-9/h1-2,5,9,12,16H,3-4,6H2,(H,17,18). The third-order valence-electron chi connectivity index (χ3n) is 2.65. The molecule has 1 atom stereocenters. The molecule has 1 unspecified atom stereocenters. The molecular formula is C12H13F3N2O3. The number of anilines is 1. The van der Waals surface area contributed by atoms with Crippen molar-refractivity contribution >= 4 is 11.6 Å². The molecule has 1 heterocycles. The average Bonchev–Trinajstić information content (AvgIpc) is 2.42. The van der Waals surface area contributed by atoms with Crippen molar-refractivity contribution in [2.24, 2.45) is 0 Å². The number of morpholine rings is 1. The van der Waals surface area contributed by atoms with Crippen LogP contribution in [0.25, 0.3) is 0 Å². The molecule has 20 heavy (non-hydrogen) atoms. The van der Waals surface area contributed by atoms with Crippen LogP contribution in [0.1, 0.15) is 0 Å². The minimum absolute atomic E-state index is 0.154. The molecule has 1 fully saturated rings. The minimum atomic E-state index is -3.10. The molecule has 110 valence electrons. The van der Waals surface area contributed by atoms with Gasteiger partial charge in [0.1, 0.15) is 6.04 Å². The van der Waals surface area contributed by atoms with Crippen LogP contribution in [0.3, 0.4) is 0 Å². The largest absolute Gasteiger partial charge is 0.432 e. The maximum absolute atomic E-state index is 13.5. The van der Waals surface area contributed by atoms with E-state index in [0.29, 0.717) is 13.2 Å². The number of carbonyl (C=O) groups excluding carboxylic acids is 1. The predicted molar refractivity (Wildman–Crippen MR) is 64.3 cm³/mol. The lowest BCUT2D eigenvalue weighted by molar-refractivity contribution is -0.120. The van der Waals surface area contributed by atoms with Gasteiger partial charge in [-0.2, -0.15) is 8.78 Å². The van der Waals surface area contributed by atoms with Crippen molar-refractivity contribution in [3.8, 4) is 5.75 Å². The van der Waals surface area contributed by atoms with Crippen molar-refractivity contribution in [2.45, 2.75) is 12.7 Å². The van der Waals surface area contributed by atoms with Gasteiger partial charge in [-0.25, -0.2) is 4.39 Å². The van der Waals surface area contributed by atoms with Gasteiger partial charge in [0.15, 0.2) is 11.6 Å². The third kappa shape index (κ3) is 3.84. The van der Waals surface area contributed by atoms with E-state index in [1.165, 1.54) is 6.07 Å². The summed E-state index contributed by atoms with van der Waals surface area (Å²) in [5, 5.41) is 5.41. The maximum Gasteiger partial charge on any atom is 0.387 e. The number of nitrogens with one attached hydrogen (secondary N) is 2. The van der Waals surface area contributed by atoms with E-state index < -0.39 is 24.2 Å². The Hall–Kier alpha value is -1.80. The first-order valence-corrected chi connectivity index (χ1v) is 5.92. The van der Waals surface area contributed by atoms with Crippen LogP contribution >= 0.6 is 0 Å². The second kappa shape index (κ2) is 6.58. The molecule has 1 aromatic rings. The fourth-order valence-electron chi connectivity index (χ4n) is 1.73. The molecule has 2 rings (SSSR count). The number of halogens is 3. The summed E-state index contributed by atoms with van der Waals surface area (Å²) >= 11 is 0. The number of hydrogen-bond donors (Lipinski definition) is 2. The second-order valence-corrected chi connectivity index (χ2v) is 4.09. The minimum Gasteiger partial charge on any atom is -0.432 e. The van der Waals surface area contributed by atoms with E-state index in [1.807, 2.05) is 0 Å². The zero-order chi connectivity index (χ0) is 14.5. The molecule has 1 aromatic carbocycles. The lowest BCUT2D eigenvalue weighted by atomic mass is 10.2. The van der Waals surface area contributed by atoms with E-state index in [9.17, 15) is 18.0 Å². The summed E-state index contributed by atoms with van der Waals surface area (Å²) < 4.78 is 46.5. The molecular weight excluding hydrogens is 277 g/mol. The smallest absolute Gasteiger partial charge is 0.387 e. The number of rotatable bonds is 4. The molecule has 0 aromatic heterocycles. The molecule has 1 aliphatic heterocycles. The van der Waals surface area contributed by atoms with Crippen LogP contribution in [-0.2, 0) is 9.53 Å². The lowest BCUT2D eigenvalue weighted by Crippen LogP contribution is -2.48. The molecule has 5 nitrogen and oxygen atoms in total. The zero-order valence-corrected chi connectivity index (χ0v) is 10.4. The van der Waals surface area contributed by atoms with Gasteiger partial charge in [-0.1, -0.05) is 0 Å². The van der Waals surface area contributed by atoms with Gasteiger partial charge in [0.2, 0.25) is 5.91 Å². The van der Waals surface area contributed by atoms with E-state index in [4.69, 9.17) is 4.74 Å². The first-order chi connectivity index (χ1) is 9.56. The molecule has 1 saturated heterocycles. The summed E-state index contributed by atoms with van der Waals surface area (Å²) in [6.07, 6.45) is 0. The number of hydrogen-bond acceptors (Lipinski definition) is 4. The van der Waals surface area contributed by atoms with Gasteiger partial charge in [-0.05, 0) is 12.1 Å². The molecule has 0 saturated carbocycles. The van der Waals surface area contributed by atoms with Gasteiger partial charge in [0.25, 0.3) is 0 Å². The first kappa shape index (κ1) is 14.6. The Morgan fingerprint density at radius 1 is 1.50 bits per heavy atom. The number of benzene rings is 1. The van der Waals surface area contributed by atoms with Crippen LogP contribution in [-0.4, -0.2) is 38.3 Å². The normalized spacial score (nSPS) is 18.9. The van der Waals surface area contributed by atoms with Crippen LogP contribution in [0.2, 0.25) is 0 Å². The molecule has 0 bridgehead atoms. The van der Waals surface area contributed by atoms with Crippen molar-refractivity contribution in [1.29, 1.82) is 0 Å². The van der Waals surface area contributed by atoms with Crippen LogP contribution in [0.15, 0.2) is 18.2 Å². The van der Waals surface area contributed by atoms with Gasteiger partial charge >= 0.3 is 6.61 Å². The molecule has 1 aliphatic rings. The SMILES string of the molecule is O=C(Nc1ccc(OC(F)F)c(F)c1)C1COCCN1. The van der Waals surface area contributed by atoms with Crippen LogP contribution in [0.4, 0.5) is 18.9 Å². The van der Waals surface area contributed by atoms with E-state index in [-0.39, 0.29) is 18.2 Å². The number of carbonyl (C=O) groups is 1. The number of ether oxygens (including phenoxy) is 2. The molecule has 1 amide bonds. The summed E-state index contributed by atoms with van der Waals surface area (Å²) in [5.74, 6) is -1.93. The monoisotopic (exact) mass is 290 g/mol. The highest BCUT2D eigenvalue weighted by atomic mass is 19.3. The van der Waals surface area contributed by atoms with Crippen molar-refractivity contribution in [3.05, 3.63) is 24.0 Å². The topological polar surface area (TPSA) is 59.6 Å². The fraction of sp³-hybridized carbons (Fsp3) is 0.417. The molecule has 2 N–H and O–H groups in total. The van der Waals surface area contributed by atoms with Gasteiger partial charge in [-0.15, -0.1) is 0 Å². The quantitative estimate of drug-likeness (QED) is 0.879. The van der Waals surface area contributed by atoms with E-state index in [0.717, 1.165) is 12.1 Å². The Kier molecular flexibility index (Phi) is 4.80. The molecule has 0 aliphatic carbocycles. The Labute approximate surface area is 113 Å². The summed E-state index contributed by atoms with van der Waals surface area (Å²) in [7, 11) is 0. The highest BCUT2D eigenvalue weighted by Crippen LogP contribution is 2.22. The van der Waals surface area contributed by atoms with Crippen LogP contribution < -0.4 is 15.4 Å². The van der Waals surface area contributed by atoms with Gasteiger partial charge in [0, 0.05) is 18.3 Å². The summed E-state index contributed by atoms with van der Waals surface area (Å²) in [4.78, 5) is 11.8. The zero-order valence-electron chi connectivity index (χ0n) is 10.4. The summed E-state index contributed by atoms with van der Waals surface area (Å²) in [6.45, 7) is -1.81. The number of amides is 1. The van der Waals surface area contributed by atoms with Crippen molar-refractivity contribution < 1.29 is 27.4 Å². The van der Waals surface area contributed by atoms with E-state index in [1.54, 1.807) is 0 Å². The Morgan fingerprint density at radius 3 is 2.90 bits per heavy atom. The van der Waals surface area contributed by atoms with Crippen molar-refractivity contribution in [2.75, 3.05) is 25.1 Å². The Balaban J connectivity index is 1.99. The maximum atomic E-state index is 13.5. The molecule has 0 radical (unpaired) electrons. The number of alkyl halides is 2. The lowest BCUT2D eigenvalue weighted by Gasteiger charge is -2.22. The first-order valence-electron chi connectivity index (χ1n) is 5.92. The summed E-state index contributed by atoms with van der Waals surface area (Å²) in [6, 6.07) is 2.70. The fourth-order valence-corrected chi connectivity index (χ4v) is 1.73. The van der Waals surface area contributed by atoms with Crippen LogP contribution in [0.5, 0.6) is 5.75 Å². The molecule has 8 heteroatoms. The Morgan fingerprint density at radius 2 is 2.30 bits per heavy atom. The highest BCUT2D eigenvalue weighted by Gasteiger charge is 2.21. The van der Waals surface area contributed by atoms with Gasteiger partial charge in [0.05, 0.1) is 13.2 Å². The van der Waals surface area contributed by atoms with Gasteiger partial charge < -0.3 is 20.1 Å². The highest BCUT2D eigenvalue weighted by molar-refractivity contribution is 5.95. The average molecular weight is 290 g/mol. The van der Waals surface area contributed by atoms with Gasteiger partial charge in [-0.3, -0.25) is 4.79 Å². The van der Waals surface area contributed by atoms with Crippen molar-refractivity contribution in [1.82, 2.24) is 5.32 Å². The Bertz CT molecular complexity index is 479. The summed E-state index contributed by atoms with van der Waals surface area (Å²) in [5.41, 5.74) is 0.154. The predicted octanol–water partition coefficient (Wildman–Crippen LogP) is 1.35. The third-order valence-corrected chi connectivity index (χ3v) is 2.65. The van der Waals surface area contributed by atoms with Crippen molar-refractivity contribution in [3.63, 3.8) is 0 Å². The molecule has 0 spiro atoms. The van der Waals surface area contributed by atoms with Crippen LogP contribution in [0, 0.1) is 5.82 Å². The second-order valence-electron chi connectivity index (χ2n) is 4.09. The van der Waals surface area contributed by atoms with E-state index >= 15 is 0 Å².